The van der Waals surface area contributed by atoms with Crippen LogP contribution in [0.3, 0.4) is 0 Å². The number of nitrogens with zero attached hydrogens (tertiary/aromatic N) is 4. The van der Waals surface area contributed by atoms with Crippen LogP contribution in [0.15, 0.2) is 59.7 Å². The molecule has 0 radical (unpaired) electrons. The van der Waals surface area contributed by atoms with Crippen LogP contribution in [-0.4, -0.2) is 48.4 Å². The number of amides is 1. The fourth-order valence-electron chi connectivity index (χ4n) is 5.29. The normalized spacial score (nSPS) is 17.5. The Balaban J connectivity index is 1.28. The van der Waals surface area contributed by atoms with Gasteiger partial charge < -0.3 is 15.2 Å². The van der Waals surface area contributed by atoms with Gasteiger partial charge in [-0.1, -0.05) is 23.7 Å². The lowest BCUT2D eigenvalue weighted by molar-refractivity contribution is 0.0268. The molecule has 0 unspecified atom stereocenters. The Hall–Kier alpha value is -3.83. The van der Waals surface area contributed by atoms with Gasteiger partial charge in [0.05, 0.1) is 39.1 Å². The third-order valence-corrected chi connectivity index (χ3v) is 7.55. The van der Waals surface area contributed by atoms with Crippen molar-refractivity contribution < 1.29 is 23.4 Å². The standard InChI is InChI=1S/C30H32ClF2N5O4/c1-30(2,41)17-42-25-12-11-21(15-34-25)38-24-6-4-3-5-23(24)37(29(38)40)16-18-7-9-20(10-8-18)36-28(39)22-13-19(31)14-35-26(22)27(32)33/h3-6,11-15,18,20,27,41H,7-10,16-17H2,1-2H3,(H,36,39). The first kappa shape index (κ1) is 29.7. The number of fused-ring (bicyclic) bond motifs is 1. The summed E-state index contributed by atoms with van der Waals surface area (Å²) in [6.45, 7) is 3.87. The number of pyridine rings is 2. The second kappa shape index (κ2) is 12.2. The van der Waals surface area contributed by atoms with Gasteiger partial charge in [0.2, 0.25) is 5.88 Å². The Morgan fingerprint density at radius 2 is 1.83 bits per heavy atom. The quantitative estimate of drug-likeness (QED) is 0.270. The van der Waals surface area contributed by atoms with E-state index in [4.69, 9.17) is 16.3 Å². The van der Waals surface area contributed by atoms with E-state index in [-0.39, 0.29) is 34.8 Å². The van der Waals surface area contributed by atoms with E-state index in [1.54, 1.807) is 41.3 Å². The minimum Gasteiger partial charge on any atom is -0.475 e. The van der Waals surface area contributed by atoms with Crippen molar-refractivity contribution in [2.45, 2.75) is 64.1 Å². The highest BCUT2D eigenvalue weighted by atomic mass is 35.5. The van der Waals surface area contributed by atoms with Crippen LogP contribution in [0.25, 0.3) is 16.7 Å². The molecule has 1 aromatic carbocycles. The Kier molecular flexibility index (Phi) is 8.60. The van der Waals surface area contributed by atoms with Crippen LogP contribution in [0.1, 0.15) is 62.0 Å². The highest BCUT2D eigenvalue weighted by Crippen LogP contribution is 2.29. The molecule has 2 N–H and O–H groups in total. The molecule has 4 aromatic rings. The van der Waals surface area contributed by atoms with Crippen LogP contribution in [0.2, 0.25) is 5.02 Å². The van der Waals surface area contributed by atoms with Crippen molar-refractivity contribution in [2.75, 3.05) is 6.61 Å². The first-order valence-corrected chi connectivity index (χ1v) is 14.1. The maximum absolute atomic E-state index is 13.7. The van der Waals surface area contributed by atoms with Crippen LogP contribution >= 0.6 is 11.6 Å². The Morgan fingerprint density at radius 3 is 2.48 bits per heavy atom. The van der Waals surface area contributed by atoms with Gasteiger partial charge in [0.1, 0.15) is 12.3 Å². The molecule has 5 rings (SSSR count). The van der Waals surface area contributed by atoms with Crippen molar-refractivity contribution in [2.24, 2.45) is 5.92 Å². The molecule has 9 nitrogen and oxygen atoms in total. The smallest absolute Gasteiger partial charge is 0.333 e. The van der Waals surface area contributed by atoms with Gasteiger partial charge in [0.15, 0.2) is 0 Å². The average Bonchev–Trinajstić information content (AvgIpc) is 3.23. The summed E-state index contributed by atoms with van der Waals surface area (Å²) in [6.07, 6.45) is 2.59. The van der Waals surface area contributed by atoms with Crippen LogP contribution in [0.4, 0.5) is 8.78 Å². The Morgan fingerprint density at radius 1 is 1.12 bits per heavy atom. The van der Waals surface area contributed by atoms with Gasteiger partial charge in [-0.2, -0.15) is 0 Å². The zero-order valence-electron chi connectivity index (χ0n) is 23.3. The highest BCUT2D eigenvalue weighted by molar-refractivity contribution is 6.30. The minimum atomic E-state index is -2.89. The molecule has 42 heavy (non-hydrogen) atoms. The SMILES string of the molecule is CC(C)(O)COc1ccc(-n2c(=O)n(CC3CCC(NC(=O)c4cc(Cl)cnc4C(F)F)CC3)c3ccccc32)cn1. The van der Waals surface area contributed by atoms with E-state index < -0.39 is 23.6 Å². The van der Waals surface area contributed by atoms with Crippen molar-refractivity contribution in [3.8, 4) is 11.6 Å². The Labute approximate surface area is 246 Å². The van der Waals surface area contributed by atoms with Crippen molar-refractivity contribution in [1.29, 1.82) is 0 Å². The van der Waals surface area contributed by atoms with E-state index in [0.29, 0.717) is 31.0 Å². The van der Waals surface area contributed by atoms with E-state index in [0.717, 1.165) is 30.1 Å². The summed E-state index contributed by atoms with van der Waals surface area (Å²) in [4.78, 5) is 34.4. The predicted octanol–water partition coefficient (Wildman–Crippen LogP) is 5.31. The number of benzene rings is 1. The summed E-state index contributed by atoms with van der Waals surface area (Å²) in [5.74, 6) is -0.0815. The lowest BCUT2D eigenvalue weighted by Crippen LogP contribution is -2.39. The second-order valence-electron chi connectivity index (χ2n) is 11.3. The number of carbonyl (C=O) groups excluding carboxylic acids is 1. The summed E-state index contributed by atoms with van der Waals surface area (Å²) in [6, 6.07) is 12.0. The van der Waals surface area contributed by atoms with Crippen molar-refractivity contribution in [3.63, 3.8) is 0 Å². The molecule has 0 spiro atoms. The molecule has 1 fully saturated rings. The highest BCUT2D eigenvalue weighted by Gasteiger charge is 2.27. The maximum Gasteiger partial charge on any atom is 0.333 e. The number of carbonyl (C=O) groups is 1. The number of ether oxygens (including phenoxy) is 1. The van der Waals surface area contributed by atoms with Gasteiger partial charge in [-0.15, -0.1) is 0 Å². The van der Waals surface area contributed by atoms with E-state index in [1.807, 2.05) is 24.3 Å². The number of nitrogens with one attached hydrogen (secondary N) is 1. The number of para-hydroxylation sites is 2. The molecule has 1 aliphatic rings. The summed E-state index contributed by atoms with van der Waals surface area (Å²) in [5, 5.41) is 12.9. The van der Waals surface area contributed by atoms with E-state index in [2.05, 4.69) is 15.3 Å². The zero-order chi connectivity index (χ0) is 30.0. The maximum atomic E-state index is 13.7. The van der Waals surface area contributed by atoms with E-state index >= 15 is 0 Å². The van der Waals surface area contributed by atoms with Gasteiger partial charge in [-0.3, -0.25) is 18.9 Å². The molecule has 0 atom stereocenters. The summed E-state index contributed by atoms with van der Waals surface area (Å²) in [7, 11) is 0. The molecule has 1 aliphatic carbocycles. The number of rotatable bonds is 9. The molecule has 0 bridgehead atoms. The molecule has 3 aromatic heterocycles. The van der Waals surface area contributed by atoms with Crippen LogP contribution in [-0.2, 0) is 6.54 Å². The number of imidazole rings is 1. The third kappa shape index (κ3) is 6.63. The topological polar surface area (TPSA) is 111 Å². The zero-order valence-corrected chi connectivity index (χ0v) is 24.0. The predicted molar refractivity (Wildman–Crippen MR) is 155 cm³/mol. The number of hydrogen-bond acceptors (Lipinski definition) is 6. The summed E-state index contributed by atoms with van der Waals surface area (Å²) >= 11 is 5.90. The molecule has 1 amide bonds. The van der Waals surface area contributed by atoms with Crippen LogP contribution in [0, 0.1) is 5.92 Å². The summed E-state index contributed by atoms with van der Waals surface area (Å²) in [5.41, 5.74) is 0.148. The van der Waals surface area contributed by atoms with Gasteiger partial charge in [-0.25, -0.2) is 18.6 Å². The van der Waals surface area contributed by atoms with Crippen LogP contribution < -0.4 is 15.7 Å². The fourth-order valence-corrected chi connectivity index (χ4v) is 5.45. The van der Waals surface area contributed by atoms with Gasteiger partial charge in [0.25, 0.3) is 12.3 Å². The number of alkyl halides is 2. The van der Waals surface area contributed by atoms with Crippen LogP contribution in [0.5, 0.6) is 5.88 Å². The first-order valence-electron chi connectivity index (χ1n) is 13.8. The number of halogens is 3. The molecule has 3 heterocycles. The van der Waals surface area contributed by atoms with Crippen molar-refractivity contribution in [3.05, 3.63) is 81.6 Å². The Bertz CT molecular complexity index is 1620. The lowest BCUT2D eigenvalue weighted by Gasteiger charge is -2.29. The lowest BCUT2D eigenvalue weighted by atomic mass is 9.85. The first-order chi connectivity index (χ1) is 20.0. The molecule has 0 saturated heterocycles. The fraction of sp³-hybridized carbons (Fsp3) is 0.400. The molecule has 12 heteroatoms. The average molecular weight is 600 g/mol. The number of aromatic nitrogens is 4. The number of hydrogen-bond donors (Lipinski definition) is 2. The number of aliphatic hydroxyl groups is 1. The van der Waals surface area contributed by atoms with E-state index in [9.17, 15) is 23.5 Å². The van der Waals surface area contributed by atoms with Gasteiger partial charge in [0, 0.05) is 24.8 Å². The molecule has 0 aliphatic heterocycles. The van der Waals surface area contributed by atoms with E-state index in [1.165, 1.54) is 6.07 Å². The molecule has 1 saturated carbocycles. The van der Waals surface area contributed by atoms with Crippen molar-refractivity contribution >= 4 is 28.5 Å². The largest absolute Gasteiger partial charge is 0.475 e. The monoisotopic (exact) mass is 599 g/mol. The van der Waals surface area contributed by atoms with Gasteiger partial charge in [-0.05, 0) is 69.7 Å². The van der Waals surface area contributed by atoms with Gasteiger partial charge >= 0.3 is 5.69 Å². The van der Waals surface area contributed by atoms with Crippen molar-refractivity contribution in [1.82, 2.24) is 24.4 Å². The second-order valence-corrected chi connectivity index (χ2v) is 11.7. The minimum absolute atomic E-state index is 0.0824. The summed E-state index contributed by atoms with van der Waals surface area (Å²) < 4.78 is 35.7. The molecular formula is C30H32ClF2N5O4. The molecular weight excluding hydrogens is 568 g/mol. The molecule has 222 valence electrons. The third-order valence-electron chi connectivity index (χ3n) is 7.35.